The van der Waals surface area contributed by atoms with Gasteiger partial charge in [-0.15, -0.1) is 0 Å². The highest BCUT2D eigenvalue weighted by atomic mass is 16.3. The van der Waals surface area contributed by atoms with Gasteiger partial charge in [0, 0.05) is 38.4 Å². The molecular weight excluding hydrogens is 669 g/mol. The third kappa shape index (κ3) is 4.98. The summed E-state index contributed by atoms with van der Waals surface area (Å²) >= 11 is 0. The molecule has 0 unspecified atom stereocenters. The normalized spacial score (nSPS) is 11.6. The SMILES string of the molecule is c1ccc(-c2ccccc2N(c2ccc3c4ccccc4n(-c4ccccc4-c4cccc5ccccc45)c3c2)c2cccc3c2oc2ccccc23)cc1. The molecular formula is C52H34N2O. The fourth-order valence-corrected chi connectivity index (χ4v) is 8.56. The van der Waals surface area contributed by atoms with Gasteiger partial charge < -0.3 is 13.9 Å². The van der Waals surface area contributed by atoms with Crippen molar-refractivity contribution >= 4 is 71.6 Å². The molecule has 0 saturated heterocycles. The van der Waals surface area contributed by atoms with Gasteiger partial charge in [0.15, 0.2) is 5.58 Å². The molecule has 2 heterocycles. The zero-order valence-electron chi connectivity index (χ0n) is 29.9. The van der Waals surface area contributed by atoms with Gasteiger partial charge in [0.1, 0.15) is 5.58 Å². The molecule has 0 aliphatic heterocycles. The molecule has 0 atom stereocenters. The van der Waals surface area contributed by atoms with Crippen molar-refractivity contribution in [3.8, 4) is 27.9 Å². The summed E-state index contributed by atoms with van der Waals surface area (Å²) in [6.45, 7) is 0. The molecule has 0 bridgehead atoms. The van der Waals surface area contributed by atoms with Crippen LogP contribution >= 0.6 is 0 Å². The fourth-order valence-electron chi connectivity index (χ4n) is 8.56. The van der Waals surface area contributed by atoms with Crippen LogP contribution in [0.4, 0.5) is 17.1 Å². The van der Waals surface area contributed by atoms with Crippen molar-refractivity contribution in [3.05, 3.63) is 206 Å². The first-order chi connectivity index (χ1) is 27.3. The van der Waals surface area contributed by atoms with E-state index in [4.69, 9.17) is 4.42 Å². The Morgan fingerprint density at radius 3 is 1.91 bits per heavy atom. The largest absolute Gasteiger partial charge is 0.454 e. The molecule has 3 nitrogen and oxygen atoms in total. The predicted molar refractivity (Wildman–Crippen MR) is 231 cm³/mol. The monoisotopic (exact) mass is 702 g/mol. The topological polar surface area (TPSA) is 21.3 Å². The van der Waals surface area contributed by atoms with Gasteiger partial charge in [0.2, 0.25) is 0 Å². The fraction of sp³-hybridized carbons (Fsp3) is 0. The second-order valence-electron chi connectivity index (χ2n) is 14.1. The van der Waals surface area contributed by atoms with E-state index in [0.717, 1.165) is 66.8 Å². The van der Waals surface area contributed by atoms with E-state index in [1.807, 2.05) is 6.07 Å². The van der Waals surface area contributed by atoms with Gasteiger partial charge in [-0.3, -0.25) is 0 Å². The summed E-state index contributed by atoms with van der Waals surface area (Å²) in [6.07, 6.45) is 0. The number of nitrogens with zero attached hydrogens (tertiary/aromatic N) is 2. The van der Waals surface area contributed by atoms with E-state index < -0.39 is 0 Å². The lowest BCUT2D eigenvalue weighted by Gasteiger charge is -2.28. The maximum atomic E-state index is 6.73. The average Bonchev–Trinajstić information content (AvgIpc) is 3.80. The number of furan rings is 1. The number of anilines is 3. The molecule has 0 fully saturated rings. The third-order valence-corrected chi connectivity index (χ3v) is 11.0. The molecule has 0 amide bonds. The van der Waals surface area contributed by atoms with Gasteiger partial charge >= 0.3 is 0 Å². The van der Waals surface area contributed by atoms with Crippen LogP contribution in [0.25, 0.3) is 82.5 Å². The number of para-hydroxylation sites is 5. The van der Waals surface area contributed by atoms with Crippen molar-refractivity contribution < 1.29 is 4.42 Å². The average molecular weight is 703 g/mol. The number of fused-ring (bicyclic) bond motifs is 7. The van der Waals surface area contributed by atoms with Crippen molar-refractivity contribution in [1.82, 2.24) is 4.57 Å². The lowest BCUT2D eigenvalue weighted by molar-refractivity contribution is 0.669. The van der Waals surface area contributed by atoms with E-state index in [0.29, 0.717) is 0 Å². The molecule has 0 radical (unpaired) electrons. The minimum atomic E-state index is 0.855. The molecule has 9 aromatic carbocycles. The van der Waals surface area contributed by atoms with Crippen LogP contribution in [0.5, 0.6) is 0 Å². The second kappa shape index (κ2) is 12.6. The van der Waals surface area contributed by atoms with Gasteiger partial charge in [-0.05, 0) is 64.4 Å². The maximum Gasteiger partial charge on any atom is 0.159 e. The van der Waals surface area contributed by atoms with Crippen LogP contribution in [0.3, 0.4) is 0 Å². The van der Waals surface area contributed by atoms with Crippen LogP contribution in [0.1, 0.15) is 0 Å². The van der Waals surface area contributed by atoms with Crippen LogP contribution in [0.15, 0.2) is 211 Å². The van der Waals surface area contributed by atoms with Crippen LogP contribution < -0.4 is 4.90 Å². The van der Waals surface area contributed by atoms with Crippen molar-refractivity contribution in [2.75, 3.05) is 4.90 Å². The zero-order valence-corrected chi connectivity index (χ0v) is 29.9. The number of aromatic nitrogens is 1. The molecule has 258 valence electrons. The lowest BCUT2D eigenvalue weighted by atomic mass is 9.97. The summed E-state index contributed by atoms with van der Waals surface area (Å²) < 4.78 is 9.19. The van der Waals surface area contributed by atoms with Crippen molar-refractivity contribution in [3.63, 3.8) is 0 Å². The molecule has 0 N–H and O–H groups in total. The molecule has 0 spiro atoms. The van der Waals surface area contributed by atoms with E-state index in [9.17, 15) is 0 Å². The molecule has 0 saturated carbocycles. The summed E-state index contributed by atoms with van der Waals surface area (Å²) in [7, 11) is 0. The van der Waals surface area contributed by atoms with Crippen LogP contribution in [0.2, 0.25) is 0 Å². The Kier molecular flexibility index (Phi) is 7.17. The molecule has 0 aliphatic rings. The second-order valence-corrected chi connectivity index (χ2v) is 14.1. The quantitative estimate of drug-likeness (QED) is 0.172. The van der Waals surface area contributed by atoms with E-state index in [1.54, 1.807) is 0 Å². The van der Waals surface area contributed by atoms with Gasteiger partial charge in [-0.1, -0.05) is 164 Å². The Balaban J connectivity index is 1.22. The maximum absolute atomic E-state index is 6.73. The Morgan fingerprint density at radius 1 is 0.382 bits per heavy atom. The standard InChI is InChI=1S/C52H34N2O/c1-2-16-36(17-3-1)39-21-6-10-27-46(39)53(49-30-15-26-45-44-24-9-13-31-51(44)55-52(45)49)37-32-33-43-42-23-8-12-29-48(42)54(50(43)34-37)47-28-11-7-22-41(47)40-25-14-19-35-18-4-5-20-38(35)40/h1-34H. The Bertz CT molecular complexity index is 3220. The summed E-state index contributed by atoms with van der Waals surface area (Å²) in [5.74, 6) is 0. The van der Waals surface area contributed by atoms with Gasteiger partial charge in [0.25, 0.3) is 0 Å². The summed E-state index contributed by atoms with van der Waals surface area (Å²) in [6, 6.07) is 73.9. The van der Waals surface area contributed by atoms with E-state index in [2.05, 4.69) is 210 Å². The predicted octanol–water partition coefficient (Wildman–Crippen LogP) is 14.6. The summed E-state index contributed by atoms with van der Waals surface area (Å²) in [5, 5.41) is 7.08. The van der Waals surface area contributed by atoms with E-state index >= 15 is 0 Å². The van der Waals surface area contributed by atoms with Crippen molar-refractivity contribution in [2.45, 2.75) is 0 Å². The first-order valence-electron chi connectivity index (χ1n) is 18.8. The highest BCUT2D eigenvalue weighted by molar-refractivity contribution is 6.13. The zero-order chi connectivity index (χ0) is 36.3. The van der Waals surface area contributed by atoms with Crippen LogP contribution in [0, 0.1) is 0 Å². The summed E-state index contributed by atoms with van der Waals surface area (Å²) in [5.41, 5.74) is 12.9. The van der Waals surface area contributed by atoms with Gasteiger partial charge in [0.05, 0.1) is 28.1 Å². The Hall–Kier alpha value is -7.36. The molecule has 55 heavy (non-hydrogen) atoms. The Morgan fingerprint density at radius 2 is 1.00 bits per heavy atom. The van der Waals surface area contributed by atoms with E-state index in [1.165, 1.54) is 32.7 Å². The highest BCUT2D eigenvalue weighted by Crippen LogP contribution is 2.47. The van der Waals surface area contributed by atoms with E-state index in [-0.39, 0.29) is 0 Å². The Labute approximate surface area is 318 Å². The minimum Gasteiger partial charge on any atom is -0.454 e. The van der Waals surface area contributed by atoms with Crippen molar-refractivity contribution in [1.29, 1.82) is 0 Å². The number of benzene rings is 9. The first-order valence-corrected chi connectivity index (χ1v) is 18.8. The number of hydrogen-bond acceptors (Lipinski definition) is 2. The third-order valence-electron chi connectivity index (χ3n) is 11.0. The van der Waals surface area contributed by atoms with Gasteiger partial charge in [-0.25, -0.2) is 0 Å². The molecule has 0 aliphatic carbocycles. The number of rotatable bonds is 6. The first kappa shape index (κ1) is 31.2. The van der Waals surface area contributed by atoms with Crippen LogP contribution in [-0.2, 0) is 0 Å². The smallest absolute Gasteiger partial charge is 0.159 e. The minimum absolute atomic E-state index is 0.855. The summed E-state index contributed by atoms with van der Waals surface area (Å²) in [4.78, 5) is 2.38. The molecule has 11 rings (SSSR count). The molecule has 11 aromatic rings. The number of hydrogen-bond donors (Lipinski definition) is 0. The molecule has 2 aromatic heterocycles. The highest BCUT2D eigenvalue weighted by Gasteiger charge is 2.24. The lowest BCUT2D eigenvalue weighted by Crippen LogP contribution is -2.11. The van der Waals surface area contributed by atoms with Gasteiger partial charge in [-0.2, -0.15) is 0 Å². The van der Waals surface area contributed by atoms with Crippen molar-refractivity contribution in [2.24, 2.45) is 0 Å². The van der Waals surface area contributed by atoms with Crippen LogP contribution in [-0.4, -0.2) is 4.57 Å². The molecule has 3 heteroatoms.